The summed E-state index contributed by atoms with van der Waals surface area (Å²) in [7, 11) is -28.7. The number of aliphatic hydroxyl groups excluding tert-OH is 16. The summed E-state index contributed by atoms with van der Waals surface area (Å²) in [6, 6.07) is 0. The van der Waals surface area contributed by atoms with E-state index < -0.39 is 265 Å². The molecule has 0 spiro atoms. The van der Waals surface area contributed by atoms with Gasteiger partial charge in [-0.1, -0.05) is 0 Å². The molecule has 4 heterocycles. The summed E-state index contributed by atoms with van der Waals surface area (Å²) >= 11 is 0. The Kier molecular flexibility index (Phi) is 30.2. The summed E-state index contributed by atoms with van der Waals surface area (Å²) < 4.78 is 141. The van der Waals surface area contributed by atoms with Crippen LogP contribution in [0.1, 0.15) is 0 Å². The van der Waals surface area contributed by atoms with E-state index in [0.29, 0.717) is 0 Å². The van der Waals surface area contributed by atoms with Crippen LogP contribution in [0.15, 0.2) is 0 Å². The third-order valence-corrected chi connectivity index (χ3v) is 16.0. The van der Waals surface area contributed by atoms with E-state index in [1.54, 1.807) is 0 Å². The minimum absolute atomic E-state index is 1.07. The molecular weight excluding hydrogens is 1320 g/mol. The molecule has 4 saturated heterocycles. The van der Waals surface area contributed by atoms with Crippen molar-refractivity contribution in [2.75, 3.05) is 79.3 Å². The fourth-order valence-electron chi connectivity index (χ4n) is 7.53. The van der Waals surface area contributed by atoms with Crippen molar-refractivity contribution in [2.24, 2.45) is 0 Å². The SMILES string of the molecule is O=P(O)(O)OC[C@@](O)(COP(=O)(O)OCC(COP(=O)(O)OCC(COP(=O)(O)OC[C@](O)(COP(=O)(O)O)O[C@H]1O[C@H](CO)[C@@H](O)[C@H](O)[C@H]1O)O[C@H]1O[C@H](CO)[C@@H](O)[C@H](O)[C@H]1O)O[C@H]1O[C@H](CO)[C@@H](O)[C@H](O)[C@H]1O)O[C@H]1O[C@H](CO)[C@@H](O)[C@H](O)[C@H]1O. The van der Waals surface area contributed by atoms with Gasteiger partial charge in [-0.25, -0.2) is 22.8 Å². The maximum Gasteiger partial charge on any atom is 0.472 e. The third-order valence-electron chi connectivity index (χ3n) is 12.2. The predicted molar refractivity (Wildman–Crippen MR) is 258 cm³/mol. The Hall–Kier alpha value is -0.490. The van der Waals surface area contributed by atoms with Crippen molar-refractivity contribution in [1.82, 2.24) is 0 Å². The fourth-order valence-corrected chi connectivity index (χ4v) is 10.6. The van der Waals surface area contributed by atoms with Crippen LogP contribution in [-0.2, 0) is 96.9 Å². The molecule has 4 aliphatic rings. The van der Waals surface area contributed by atoms with Gasteiger partial charge in [0.05, 0.1) is 52.9 Å². The lowest BCUT2D eigenvalue weighted by atomic mass is 9.99. The normalized spacial score (nSPS) is 38.1. The van der Waals surface area contributed by atoms with Crippen molar-refractivity contribution in [2.45, 2.75) is 147 Å². The van der Waals surface area contributed by atoms with Gasteiger partial charge < -0.3 is 164 Å². The highest BCUT2D eigenvalue weighted by Gasteiger charge is 2.52. The number of hydrogen-bond donors (Lipinski definition) is 25. The van der Waals surface area contributed by atoms with Crippen molar-refractivity contribution in [3.63, 3.8) is 0 Å². The maximum atomic E-state index is 13.5. The van der Waals surface area contributed by atoms with Crippen molar-refractivity contribution >= 4 is 39.1 Å². The van der Waals surface area contributed by atoms with E-state index in [0.717, 1.165) is 0 Å². The van der Waals surface area contributed by atoms with E-state index in [4.69, 9.17) is 56.0 Å². The van der Waals surface area contributed by atoms with Gasteiger partial charge in [-0.05, 0) is 0 Å². The number of rotatable bonds is 36. The smallest absolute Gasteiger partial charge is 0.394 e. The zero-order valence-corrected chi connectivity index (χ0v) is 48.6. The van der Waals surface area contributed by atoms with Crippen molar-refractivity contribution < 1.29 is 223 Å². The van der Waals surface area contributed by atoms with Crippen molar-refractivity contribution in [3.05, 3.63) is 0 Å². The van der Waals surface area contributed by atoms with Crippen LogP contribution in [0.5, 0.6) is 0 Å². The van der Waals surface area contributed by atoms with Crippen LogP contribution in [0, 0.1) is 0 Å². The van der Waals surface area contributed by atoms with Crippen LogP contribution in [0.4, 0.5) is 0 Å². The molecule has 25 N–H and O–H groups in total. The van der Waals surface area contributed by atoms with E-state index in [-0.39, 0.29) is 0 Å². The zero-order chi connectivity index (χ0) is 66.0. The summed E-state index contributed by atoms with van der Waals surface area (Å²) in [6.45, 7) is -17.4. The Labute approximate surface area is 487 Å². The van der Waals surface area contributed by atoms with Gasteiger partial charge in [0.1, 0.15) is 136 Å². The summed E-state index contributed by atoms with van der Waals surface area (Å²) in [6.07, 6.45) is -46.9. The van der Waals surface area contributed by atoms with Crippen LogP contribution >= 0.6 is 39.1 Å². The second-order valence-corrected chi connectivity index (χ2v) is 25.9. The Morgan fingerprint density at radius 2 is 0.540 bits per heavy atom. The van der Waals surface area contributed by atoms with Crippen LogP contribution in [0.2, 0.25) is 0 Å². The molecule has 0 bridgehead atoms. The van der Waals surface area contributed by atoms with Gasteiger partial charge in [0.25, 0.3) is 0 Å². The Bertz CT molecular complexity index is 2180. The first-order valence-electron chi connectivity index (χ1n) is 24.6. The van der Waals surface area contributed by atoms with E-state index in [1.807, 2.05) is 0 Å². The van der Waals surface area contributed by atoms with Gasteiger partial charge in [-0.2, -0.15) is 0 Å². The van der Waals surface area contributed by atoms with Gasteiger partial charge >= 0.3 is 39.1 Å². The molecule has 4 unspecified atom stereocenters. The first-order valence-corrected chi connectivity index (χ1v) is 32.2. The van der Waals surface area contributed by atoms with Crippen LogP contribution in [0.3, 0.4) is 0 Å². The highest BCUT2D eigenvalue weighted by Crippen LogP contribution is 2.49. The molecule has 516 valence electrons. The lowest BCUT2D eigenvalue weighted by Gasteiger charge is -2.42. The molecule has 4 fully saturated rings. The number of ether oxygens (including phenoxy) is 8. The van der Waals surface area contributed by atoms with E-state index in [2.05, 4.69) is 18.1 Å². The molecule has 26 atom stereocenters. The summed E-state index contributed by atoms with van der Waals surface area (Å²) in [4.78, 5) is 69.1. The molecule has 0 amide bonds. The molecule has 0 radical (unpaired) electrons. The van der Waals surface area contributed by atoms with E-state index in [1.165, 1.54) is 0 Å². The highest BCUT2D eigenvalue weighted by molar-refractivity contribution is 7.48. The average molecular weight is 1390 g/mol. The van der Waals surface area contributed by atoms with Gasteiger partial charge in [-0.15, -0.1) is 0 Å². The van der Waals surface area contributed by atoms with Crippen LogP contribution < -0.4 is 0 Å². The largest absolute Gasteiger partial charge is 0.472 e. The monoisotopic (exact) mass is 1390 g/mol. The highest BCUT2D eigenvalue weighted by atomic mass is 31.2. The molecule has 4 aliphatic heterocycles. The van der Waals surface area contributed by atoms with E-state index >= 15 is 0 Å². The molecular formula is C36H71O46P5. The minimum Gasteiger partial charge on any atom is -0.394 e. The molecule has 0 aliphatic carbocycles. The molecule has 0 aromatic rings. The quantitative estimate of drug-likeness (QED) is 0.0205. The topological polar surface area (TPSA) is 739 Å². The number of aliphatic hydroxyl groups is 18. The summed E-state index contributed by atoms with van der Waals surface area (Å²) in [5.41, 5.74) is 0. The Morgan fingerprint density at radius 3 is 0.782 bits per heavy atom. The minimum atomic E-state index is -5.84. The molecule has 46 nitrogen and oxygen atoms in total. The first-order chi connectivity index (χ1) is 40.0. The second kappa shape index (κ2) is 33.3. The lowest BCUT2D eigenvalue weighted by Crippen LogP contribution is -2.61. The third kappa shape index (κ3) is 24.0. The second-order valence-electron chi connectivity index (χ2n) is 19.1. The molecule has 87 heavy (non-hydrogen) atoms. The van der Waals surface area contributed by atoms with Crippen molar-refractivity contribution in [1.29, 1.82) is 0 Å². The zero-order valence-electron chi connectivity index (χ0n) is 44.2. The number of hydrogen-bond acceptors (Lipinski definition) is 39. The molecule has 4 rings (SSSR count). The number of phosphoric ester groups is 5. The van der Waals surface area contributed by atoms with Crippen LogP contribution in [0.25, 0.3) is 0 Å². The summed E-state index contributed by atoms with van der Waals surface area (Å²) in [5, 5.41) is 184. The molecule has 0 aromatic carbocycles. The van der Waals surface area contributed by atoms with Crippen molar-refractivity contribution in [3.8, 4) is 0 Å². The van der Waals surface area contributed by atoms with Gasteiger partial charge in [0.15, 0.2) is 25.2 Å². The summed E-state index contributed by atoms with van der Waals surface area (Å²) in [5.74, 6) is -6.87. The lowest BCUT2D eigenvalue weighted by molar-refractivity contribution is -0.370. The van der Waals surface area contributed by atoms with Gasteiger partial charge in [0.2, 0.25) is 11.6 Å². The first kappa shape index (κ1) is 79.0. The fraction of sp³-hybridized carbons (Fsp3) is 1.00. The van der Waals surface area contributed by atoms with Gasteiger partial charge in [0, 0.05) is 0 Å². The average Bonchev–Trinajstić information content (AvgIpc) is 2.46. The number of phosphoric acid groups is 5. The maximum absolute atomic E-state index is 13.5. The Morgan fingerprint density at radius 1 is 0.322 bits per heavy atom. The standard InChI is InChI=1S/C36H71O46P5/c37-1-15-19(41)23(45)27(49)31(77-15)75-13(7-69-86(63,64)73-11-35(53,9-71-83(55,56)57)81-33-29(51)25(47)21(43)17(3-39)79-33)5-67-85(61,62)68-6-14(76-32-28(50)24(46)20(42)16(2-38)78-32)8-70-87(65,66)74-12-36(54,10-72-84(58,59)60)82-34-30(52)26(48)22(44)18(4-40)80-34/h13-34,37-54H,1-12H2,(H,61,62)(H,63,64)(H,65,66)(H2,55,56,57)(H2,58,59,60)/t13?,14?,15-,16-,17-,18-,19-,20-,21-,22-,23+,24+,25+,26+,27-,28-,29-,30-,31+,32+,33-,34-,35+,36+/m1/s1. The molecule has 0 aromatic heterocycles. The van der Waals surface area contributed by atoms with Gasteiger partial charge in [-0.3, -0.25) is 36.2 Å². The predicted octanol–water partition coefficient (Wildman–Crippen LogP) is -13.0. The molecule has 0 saturated carbocycles. The van der Waals surface area contributed by atoms with Crippen LogP contribution in [-0.4, -0.2) is 352 Å². The Balaban J connectivity index is 1.56. The molecule has 51 heteroatoms. The van der Waals surface area contributed by atoms with E-state index in [9.17, 15) is 149 Å².